The van der Waals surface area contributed by atoms with Crippen LogP contribution in [0.2, 0.25) is 0 Å². The van der Waals surface area contributed by atoms with Crippen LogP contribution < -0.4 is 36.6 Å². The first-order valence-electron chi connectivity index (χ1n) is 16.2. The van der Waals surface area contributed by atoms with Gasteiger partial charge in [-0.2, -0.15) is 19.9 Å². The lowest BCUT2D eigenvalue weighted by molar-refractivity contribution is 0.402. The fraction of sp³-hybridized carbons (Fsp3) is 0.371. The van der Waals surface area contributed by atoms with E-state index in [0.717, 1.165) is 90.9 Å². The fourth-order valence-corrected chi connectivity index (χ4v) is 6.60. The molecule has 3 aromatic heterocycles. The summed E-state index contributed by atoms with van der Waals surface area (Å²) in [5.41, 5.74) is 13.9. The molecule has 2 aromatic carbocycles. The topological polar surface area (TPSA) is 157 Å². The number of hydrogen-bond acceptors (Lipinski definition) is 12. The van der Waals surface area contributed by atoms with E-state index < -0.39 is 0 Å². The van der Waals surface area contributed by atoms with Crippen molar-refractivity contribution in [3.8, 4) is 5.75 Å². The summed E-state index contributed by atoms with van der Waals surface area (Å²) in [6, 6.07) is 22.9. The number of nitrogens with zero attached hydrogens (tertiary/aromatic N) is 6. The van der Waals surface area contributed by atoms with Gasteiger partial charge in [-0.05, 0) is 62.3 Å². The predicted molar refractivity (Wildman–Crippen MR) is 189 cm³/mol. The number of furan rings is 1. The minimum Gasteiger partial charge on any atom is -0.496 e. The number of benzene rings is 2. The van der Waals surface area contributed by atoms with Crippen molar-refractivity contribution >= 4 is 46.1 Å². The van der Waals surface area contributed by atoms with E-state index in [4.69, 9.17) is 20.6 Å². The summed E-state index contributed by atoms with van der Waals surface area (Å²) in [6.07, 6.45) is 6.57. The van der Waals surface area contributed by atoms with Crippen molar-refractivity contribution in [2.45, 2.75) is 50.6 Å². The highest BCUT2D eigenvalue weighted by Crippen LogP contribution is 2.37. The van der Waals surface area contributed by atoms with Gasteiger partial charge >= 0.3 is 0 Å². The van der Waals surface area contributed by atoms with Crippen LogP contribution >= 0.6 is 0 Å². The molecule has 6 N–H and O–H groups in total. The van der Waals surface area contributed by atoms with Crippen molar-refractivity contribution in [3.63, 3.8) is 0 Å². The lowest BCUT2D eigenvalue weighted by atomic mass is 10.00. The van der Waals surface area contributed by atoms with Crippen molar-refractivity contribution in [1.82, 2.24) is 19.9 Å². The van der Waals surface area contributed by atoms with E-state index in [1.54, 1.807) is 7.11 Å². The smallest absolute Gasteiger partial charge is 0.223 e. The summed E-state index contributed by atoms with van der Waals surface area (Å²) in [4.78, 5) is 21.8. The maximum Gasteiger partial charge on any atom is 0.223 e. The van der Waals surface area contributed by atoms with Gasteiger partial charge in [0.25, 0.3) is 0 Å². The first-order chi connectivity index (χ1) is 22.9. The van der Waals surface area contributed by atoms with Gasteiger partial charge in [0, 0.05) is 50.7 Å². The van der Waals surface area contributed by atoms with Crippen LogP contribution in [0.15, 0.2) is 71.1 Å². The Hall–Kier alpha value is -5.26. The molecule has 0 amide bonds. The predicted octanol–water partition coefficient (Wildman–Crippen LogP) is 5.90. The first kappa shape index (κ1) is 31.7. The molecule has 0 saturated carbocycles. The highest BCUT2D eigenvalue weighted by atomic mass is 16.5. The second kappa shape index (κ2) is 14.4. The first-order valence-corrected chi connectivity index (χ1v) is 16.2. The third kappa shape index (κ3) is 7.26. The van der Waals surface area contributed by atoms with Gasteiger partial charge in [-0.3, -0.25) is 0 Å². The lowest BCUT2D eigenvalue weighted by Gasteiger charge is -2.35. The number of ether oxygens (including phenoxy) is 1. The van der Waals surface area contributed by atoms with Crippen LogP contribution in [0.4, 0.5) is 35.2 Å². The van der Waals surface area contributed by atoms with Gasteiger partial charge < -0.3 is 41.1 Å². The molecule has 12 nitrogen and oxygen atoms in total. The van der Waals surface area contributed by atoms with Crippen molar-refractivity contribution < 1.29 is 9.15 Å². The third-order valence-electron chi connectivity index (χ3n) is 8.86. The Morgan fingerprint density at radius 3 is 2.15 bits per heavy atom. The minimum absolute atomic E-state index is 0.171. The zero-order chi connectivity index (χ0) is 32.8. The quantitative estimate of drug-likeness (QED) is 0.160. The third-order valence-corrected chi connectivity index (χ3v) is 8.86. The Balaban J connectivity index is 0.000000165. The van der Waals surface area contributed by atoms with Crippen LogP contribution in [0.25, 0.3) is 11.0 Å². The van der Waals surface area contributed by atoms with Gasteiger partial charge in [-0.1, -0.05) is 36.4 Å². The molecule has 246 valence electrons. The molecule has 2 aliphatic heterocycles. The number of nitrogens with one attached hydrogen (secondary N) is 2. The molecule has 5 aromatic rings. The van der Waals surface area contributed by atoms with Crippen LogP contribution in [0.3, 0.4) is 0 Å². The molecule has 2 unspecified atom stereocenters. The number of fused-ring (bicyclic) bond motifs is 1. The van der Waals surface area contributed by atoms with Gasteiger partial charge in [0.15, 0.2) is 0 Å². The van der Waals surface area contributed by atoms with E-state index in [9.17, 15) is 0 Å². The number of rotatable bonds is 8. The van der Waals surface area contributed by atoms with Crippen LogP contribution in [-0.4, -0.2) is 60.3 Å². The number of anilines is 6. The zero-order valence-corrected chi connectivity index (χ0v) is 27.3. The van der Waals surface area contributed by atoms with Gasteiger partial charge in [-0.15, -0.1) is 0 Å². The van der Waals surface area contributed by atoms with E-state index in [0.29, 0.717) is 12.0 Å². The number of methoxy groups -OCH3 is 1. The molecule has 2 aliphatic rings. The second-order valence-corrected chi connectivity index (χ2v) is 11.8. The van der Waals surface area contributed by atoms with Crippen molar-refractivity contribution in [3.05, 3.63) is 78.1 Å². The molecule has 5 heterocycles. The molecule has 2 saturated heterocycles. The summed E-state index contributed by atoms with van der Waals surface area (Å²) in [7, 11) is 5.38. The van der Waals surface area contributed by atoms with E-state index in [-0.39, 0.29) is 12.0 Å². The number of nitrogen functional groups attached to an aromatic ring is 2. The van der Waals surface area contributed by atoms with Gasteiger partial charge in [0.2, 0.25) is 11.9 Å². The monoisotopic (exact) mass is 636 g/mol. The molecule has 12 heteroatoms. The largest absolute Gasteiger partial charge is 0.496 e. The van der Waals surface area contributed by atoms with Crippen LogP contribution in [-0.2, 0) is 6.42 Å². The van der Waals surface area contributed by atoms with Crippen LogP contribution in [0, 0.1) is 0 Å². The molecule has 0 radical (unpaired) electrons. The van der Waals surface area contributed by atoms with E-state index in [2.05, 4.69) is 64.6 Å². The van der Waals surface area contributed by atoms with Gasteiger partial charge in [0.05, 0.1) is 13.2 Å². The van der Waals surface area contributed by atoms with Crippen molar-refractivity contribution in [2.75, 3.05) is 66.2 Å². The minimum atomic E-state index is 0.171. The normalized spacial score (nSPS) is 17.7. The Bertz CT molecular complexity index is 1760. The molecule has 2 fully saturated rings. The summed E-state index contributed by atoms with van der Waals surface area (Å²) >= 11 is 0. The Morgan fingerprint density at radius 2 is 1.45 bits per heavy atom. The number of piperidine rings is 1. The summed E-state index contributed by atoms with van der Waals surface area (Å²) < 4.78 is 11.6. The average Bonchev–Trinajstić information content (AvgIpc) is 3.75. The van der Waals surface area contributed by atoms with E-state index in [1.807, 2.05) is 56.6 Å². The highest BCUT2D eigenvalue weighted by molar-refractivity contribution is 5.78. The Kier molecular flexibility index (Phi) is 9.75. The SMILES string of the molecule is CNc1cc(N2CCCC2Cc2ccccc2OC)nc(N)n1.CNc1cc(N2CCCCC2c2cc3ccccc3o2)nc(N)n1. The Labute approximate surface area is 275 Å². The molecular formula is C35H44N10O2. The number of aromatic nitrogens is 4. The van der Waals surface area contributed by atoms with Gasteiger partial charge in [0.1, 0.15) is 40.4 Å². The molecular weight excluding hydrogens is 592 g/mol. The maximum absolute atomic E-state index is 6.11. The standard InChI is InChI=1S/C18H21N5O.C17H23N5O/c1-20-16-11-17(22-18(19)21-16)23-9-5-4-7-13(23)15-10-12-6-2-3-8-14(12)24-15;1-19-15-11-16(21-17(18)20-15)22-9-5-7-13(22)10-12-6-3-4-8-14(12)23-2/h2-3,6,8,10-11,13H,4-5,7,9H2,1H3,(H3,19,20,21,22);3-4,6,8,11,13H,5,7,9-10H2,1-2H3,(H3,18,19,20,21). The zero-order valence-electron chi connectivity index (χ0n) is 27.3. The second-order valence-electron chi connectivity index (χ2n) is 11.8. The van der Waals surface area contributed by atoms with Crippen molar-refractivity contribution in [1.29, 1.82) is 0 Å². The molecule has 47 heavy (non-hydrogen) atoms. The van der Waals surface area contributed by atoms with Crippen molar-refractivity contribution in [2.24, 2.45) is 0 Å². The lowest BCUT2D eigenvalue weighted by Crippen LogP contribution is -2.34. The fourth-order valence-electron chi connectivity index (χ4n) is 6.60. The number of hydrogen-bond donors (Lipinski definition) is 4. The molecule has 0 bridgehead atoms. The number of para-hydroxylation sites is 2. The maximum atomic E-state index is 6.11. The summed E-state index contributed by atoms with van der Waals surface area (Å²) in [5.74, 6) is 5.72. The van der Waals surface area contributed by atoms with Crippen LogP contribution in [0.5, 0.6) is 5.75 Å². The Morgan fingerprint density at radius 1 is 0.787 bits per heavy atom. The molecule has 2 atom stereocenters. The van der Waals surface area contributed by atoms with Gasteiger partial charge in [-0.25, -0.2) is 0 Å². The molecule has 7 rings (SSSR count). The molecule has 0 aliphatic carbocycles. The average molecular weight is 637 g/mol. The van der Waals surface area contributed by atoms with Crippen LogP contribution in [0.1, 0.15) is 49.5 Å². The van der Waals surface area contributed by atoms with E-state index in [1.165, 1.54) is 12.0 Å². The summed E-state index contributed by atoms with van der Waals surface area (Å²) in [6.45, 7) is 1.92. The highest BCUT2D eigenvalue weighted by Gasteiger charge is 2.29. The number of nitrogens with two attached hydrogens (primary N) is 2. The summed E-state index contributed by atoms with van der Waals surface area (Å²) in [5, 5.41) is 7.21. The van der Waals surface area contributed by atoms with E-state index >= 15 is 0 Å². The molecule has 0 spiro atoms.